The molecule has 0 aliphatic carbocycles. The molecular formula is C20H19N3O4. The summed E-state index contributed by atoms with van der Waals surface area (Å²) in [5.74, 6) is -0.115. The SMILES string of the molecule is C[C@H](OC(=O)CCNC(=O)c1ccccc1)c1nnc(-c2ccccc2)o1. The van der Waals surface area contributed by atoms with Crippen molar-refractivity contribution in [3.63, 3.8) is 0 Å². The van der Waals surface area contributed by atoms with Gasteiger partial charge >= 0.3 is 5.97 Å². The minimum Gasteiger partial charge on any atom is -0.453 e. The summed E-state index contributed by atoms with van der Waals surface area (Å²) >= 11 is 0. The van der Waals surface area contributed by atoms with Crippen molar-refractivity contribution in [1.29, 1.82) is 0 Å². The molecule has 0 aliphatic rings. The first-order valence-corrected chi connectivity index (χ1v) is 8.55. The van der Waals surface area contributed by atoms with Crippen LogP contribution in [-0.2, 0) is 9.53 Å². The van der Waals surface area contributed by atoms with Gasteiger partial charge in [0, 0.05) is 17.7 Å². The topological polar surface area (TPSA) is 94.3 Å². The van der Waals surface area contributed by atoms with Gasteiger partial charge in [-0.15, -0.1) is 10.2 Å². The van der Waals surface area contributed by atoms with E-state index < -0.39 is 12.1 Å². The summed E-state index contributed by atoms with van der Waals surface area (Å²) in [4.78, 5) is 23.9. The third-order valence-corrected chi connectivity index (χ3v) is 3.77. The van der Waals surface area contributed by atoms with Crippen molar-refractivity contribution < 1.29 is 18.7 Å². The lowest BCUT2D eigenvalue weighted by Crippen LogP contribution is -2.26. The Labute approximate surface area is 156 Å². The van der Waals surface area contributed by atoms with Crippen molar-refractivity contribution in [1.82, 2.24) is 15.5 Å². The predicted octanol–water partition coefficient (Wildman–Crippen LogP) is 3.16. The van der Waals surface area contributed by atoms with E-state index in [1.807, 2.05) is 36.4 Å². The lowest BCUT2D eigenvalue weighted by atomic mass is 10.2. The van der Waals surface area contributed by atoms with Crippen molar-refractivity contribution in [3.05, 3.63) is 72.1 Å². The van der Waals surface area contributed by atoms with E-state index in [1.165, 1.54) is 0 Å². The molecule has 1 amide bonds. The smallest absolute Gasteiger partial charge is 0.308 e. The average Bonchev–Trinajstić information content (AvgIpc) is 3.20. The maximum atomic E-state index is 12.0. The molecule has 0 fully saturated rings. The van der Waals surface area contributed by atoms with Gasteiger partial charge in [-0.05, 0) is 31.2 Å². The van der Waals surface area contributed by atoms with Crippen molar-refractivity contribution in [2.45, 2.75) is 19.4 Å². The second-order valence-electron chi connectivity index (χ2n) is 5.82. The van der Waals surface area contributed by atoms with Gasteiger partial charge in [0.2, 0.25) is 5.89 Å². The van der Waals surface area contributed by atoms with Crippen molar-refractivity contribution in [2.75, 3.05) is 6.54 Å². The first-order valence-electron chi connectivity index (χ1n) is 8.55. The van der Waals surface area contributed by atoms with Crippen LogP contribution in [0.1, 0.15) is 35.7 Å². The summed E-state index contributed by atoms with van der Waals surface area (Å²) in [6, 6.07) is 18.1. The van der Waals surface area contributed by atoms with Crippen LogP contribution in [0.3, 0.4) is 0 Å². The van der Waals surface area contributed by atoms with Crippen molar-refractivity contribution in [3.8, 4) is 11.5 Å². The second kappa shape index (κ2) is 8.75. The van der Waals surface area contributed by atoms with Gasteiger partial charge in [-0.2, -0.15) is 0 Å². The molecule has 3 aromatic rings. The van der Waals surface area contributed by atoms with Crippen molar-refractivity contribution >= 4 is 11.9 Å². The summed E-state index contributed by atoms with van der Waals surface area (Å²) < 4.78 is 10.9. The van der Waals surface area contributed by atoms with Crippen LogP contribution in [0.25, 0.3) is 11.5 Å². The quantitative estimate of drug-likeness (QED) is 0.646. The van der Waals surface area contributed by atoms with E-state index in [0.29, 0.717) is 11.5 Å². The molecule has 0 saturated heterocycles. The van der Waals surface area contributed by atoms with Crippen LogP contribution >= 0.6 is 0 Å². The number of nitrogens with zero attached hydrogens (tertiary/aromatic N) is 2. The van der Waals surface area contributed by atoms with Crippen LogP contribution in [-0.4, -0.2) is 28.6 Å². The third kappa shape index (κ3) is 5.01. The zero-order valence-corrected chi connectivity index (χ0v) is 14.8. The number of hydrogen-bond acceptors (Lipinski definition) is 6. The average molecular weight is 365 g/mol. The Morgan fingerprint density at radius 2 is 1.70 bits per heavy atom. The maximum absolute atomic E-state index is 12.0. The molecule has 7 nitrogen and oxygen atoms in total. The number of benzene rings is 2. The summed E-state index contributed by atoms with van der Waals surface area (Å²) in [6.07, 6.45) is -0.630. The van der Waals surface area contributed by atoms with Gasteiger partial charge in [0.05, 0.1) is 6.42 Å². The van der Waals surface area contributed by atoms with Crippen molar-refractivity contribution in [2.24, 2.45) is 0 Å². The van der Waals surface area contributed by atoms with Gasteiger partial charge in [0.1, 0.15) is 0 Å². The van der Waals surface area contributed by atoms with E-state index in [9.17, 15) is 9.59 Å². The number of nitrogens with one attached hydrogen (secondary N) is 1. The first-order chi connectivity index (χ1) is 13.1. The number of carbonyl (C=O) groups is 2. The van der Waals surface area contributed by atoms with Gasteiger partial charge in [0.15, 0.2) is 6.10 Å². The molecular weight excluding hydrogens is 346 g/mol. The van der Waals surface area contributed by atoms with Gasteiger partial charge in [-0.1, -0.05) is 36.4 Å². The van der Waals surface area contributed by atoms with Gasteiger partial charge in [0.25, 0.3) is 11.8 Å². The fourth-order valence-corrected chi connectivity index (χ4v) is 2.37. The number of carbonyl (C=O) groups excluding carboxylic acids is 2. The largest absolute Gasteiger partial charge is 0.453 e. The molecule has 0 saturated carbocycles. The summed E-state index contributed by atoms with van der Waals surface area (Å²) in [7, 11) is 0. The molecule has 0 radical (unpaired) electrons. The van der Waals surface area contributed by atoms with Crippen LogP contribution in [0.5, 0.6) is 0 Å². The van der Waals surface area contributed by atoms with E-state index in [1.54, 1.807) is 31.2 Å². The van der Waals surface area contributed by atoms with E-state index >= 15 is 0 Å². The highest BCUT2D eigenvalue weighted by molar-refractivity contribution is 5.94. The predicted molar refractivity (Wildman–Crippen MR) is 97.6 cm³/mol. The Kier molecular flexibility index (Phi) is 5.94. The molecule has 0 spiro atoms. The van der Waals surface area contributed by atoms with E-state index in [-0.39, 0.29) is 24.8 Å². The zero-order chi connectivity index (χ0) is 19.1. The minimum atomic E-state index is -0.674. The number of aromatic nitrogens is 2. The normalized spacial score (nSPS) is 11.6. The van der Waals surface area contributed by atoms with E-state index in [0.717, 1.165) is 5.56 Å². The molecule has 0 bridgehead atoms. The first kappa shape index (κ1) is 18.3. The fourth-order valence-electron chi connectivity index (χ4n) is 2.37. The molecule has 1 N–H and O–H groups in total. The summed E-state index contributed by atoms with van der Waals surface area (Å²) in [5.41, 5.74) is 1.33. The van der Waals surface area contributed by atoms with Crippen LogP contribution in [0, 0.1) is 0 Å². The lowest BCUT2D eigenvalue weighted by molar-refractivity contribution is -0.149. The second-order valence-corrected chi connectivity index (χ2v) is 5.82. The number of esters is 1. The summed E-state index contributed by atoms with van der Waals surface area (Å²) in [6.45, 7) is 1.83. The highest BCUT2D eigenvalue weighted by Gasteiger charge is 2.19. The Hall–Kier alpha value is -3.48. The van der Waals surface area contributed by atoms with Crippen LogP contribution in [0.15, 0.2) is 65.1 Å². The lowest BCUT2D eigenvalue weighted by Gasteiger charge is -2.10. The zero-order valence-electron chi connectivity index (χ0n) is 14.8. The minimum absolute atomic E-state index is 0.0442. The Balaban J connectivity index is 1.47. The summed E-state index contributed by atoms with van der Waals surface area (Å²) in [5, 5.41) is 10.6. The molecule has 0 aliphatic heterocycles. The number of rotatable bonds is 7. The Morgan fingerprint density at radius 3 is 2.41 bits per heavy atom. The maximum Gasteiger partial charge on any atom is 0.308 e. The monoisotopic (exact) mass is 365 g/mol. The molecule has 27 heavy (non-hydrogen) atoms. The Morgan fingerprint density at radius 1 is 1.04 bits per heavy atom. The highest BCUT2D eigenvalue weighted by atomic mass is 16.6. The van der Waals surface area contributed by atoms with E-state index in [4.69, 9.17) is 9.15 Å². The number of hydrogen-bond donors (Lipinski definition) is 1. The Bertz CT molecular complexity index is 894. The molecule has 138 valence electrons. The van der Waals surface area contributed by atoms with Crippen LogP contribution in [0.2, 0.25) is 0 Å². The molecule has 3 rings (SSSR count). The van der Waals surface area contributed by atoms with Crippen LogP contribution in [0.4, 0.5) is 0 Å². The highest BCUT2D eigenvalue weighted by Crippen LogP contribution is 2.22. The fraction of sp³-hybridized carbons (Fsp3) is 0.200. The molecule has 2 aromatic carbocycles. The number of amides is 1. The standard InChI is InChI=1S/C20H19N3O4/c1-14(19-22-23-20(27-19)16-10-6-3-7-11-16)26-17(24)12-13-21-18(25)15-8-4-2-5-9-15/h2-11,14H,12-13H2,1H3,(H,21,25)/t14-/m0/s1. The molecule has 1 heterocycles. The van der Waals surface area contributed by atoms with Gasteiger partial charge in [-0.25, -0.2) is 0 Å². The van der Waals surface area contributed by atoms with Gasteiger partial charge in [-0.3, -0.25) is 9.59 Å². The van der Waals surface area contributed by atoms with Gasteiger partial charge < -0.3 is 14.5 Å². The molecule has 1 atom stereocenters. The van der Waals surface area contributed by atoms with Crippen LogP contribution < -0.4 is 5.32 Å². The van der Waals surface area contributed by atoms with E-state index in [2.05, 4.69) is 15.5 Å². The third-order valence-electron chi connectivity index (χ3n) is 3.77. The molecule has 0 unspecified atom stereocenters. The molecule has 7 heteroatoms. The molecule has 1 aromatic heterocycles. The number of ether oxygens (including phenoxy) is 1.